The van der Waals surface area contributed by atoms with Crippen molar-refractivity contribution in [1.29, 1.82) is 0 Å². The van der Waals surface area contributed by atoms with E-state index < -0.39 is 9.84 Å². The van der Waals surface area contributed by atoms with Gasteiger partial charge in [-0.05, 0) is 31.0 Å². The van der Waals surface area contributed by atoms with Crippen LogP contribution in [-0.4, -0.2) is 26.6 Å². The summed E-state index contributed by atoms with van der Waals surface area (Å²) < 4.78 is 29.0. The number of sulfone groups is 1. The summed E-state index contributed by atoms with van der Waals surface area (Å²) in [6.45, 7) is 0. The van der Waals surface area contributed by atoms with E-state index in [4.69, 9.17) is 4.74 Å². The second-order valence-corrected chi connectivity index (χ2v) is 6.65. The molecule has 0 aliphatic carbocycles. The Hall–Kier alpha value is -0.550. The van der Waals surface area contributed by atoms with Crippen LogP contribution in [0.5, 0.6) is 5.75 Å². The number of hydrogen-bond acceptors (Lipinski definition) is 3. The largest absolute Gasteiger partial charge is 0.497 e. The van der Waals surface area contributed by atoms with E-state index in [1.807, 2.05) is 0 Å². The third-order valence-electron chi connectivity index (χ3n) is 2.45. The molecule has 0 amide bonds. The summed E-state index contributed by atoms with van der Waals surface area (Å²) in [5, 5.41) is 0.923. The Labute approximate surface area is 111 Å². The Kier molecular flexibility index (Phi) is 5.98. The van der Waals surface area contributed by atoms with Crippen molar-refractivity contribution in [3.8, 4) is 5.75 Å². The van der Waals surface area contributed by atoms with Gasteiger partial charge in [0.25, 0.3) is 0 Å². The van der Waals surface area contributed by atoms with Crippen molar-refractivity contribution in [2.75, 3.05) is 18.2 Å². The minimum absolute atomic E-state index is 0.202. The topological polar surface area (TPSA) is 43.4 Å². The Bertz CT molecular complexity index is 443. The fourth-order valence-electron chi connectivity index (χ4n) is 1.48. The van der Waals surface area contributed by atoms with Crippen molar-refractivity contribution >= 4 is 25.8 Å². The molecule has 1 aromatic carbocycles. The first kappa shape index (κ1) is 14.5. The zero-order valence-corrected chi connectivity index (χ0v) is 12.3. The number of benzene rings is 1. The summed E-state index contributed by atoms with van der Waals surface area (Å²) in [6.07, 6.45) is 2.63. The molecular weight excluding hydrogens is 304 g/mol. The van der Waals surface area contributed by atoms with Crippen LogP contribution in [0.15, 0.2) is 29.2 Å². The van der Waals surface area contributed by atoms with Crippen LogP contribution in [0.25, 0.3) is 0 Å². The quantitative estimate of drug-likeness (QED) is 0.573. The van der Waals surface area contributed by atoms with Crippen LogP contribution in [0.1, 0.15) is 19.3 Å². The maximum atomic E-state index is 12.0. The molecule has 17 heavy (non-hydrogen) atoms. The van der Waals surface area contributed by atoms with E-state index in [-0.39, 0.29) is 5.75 Å². The van der Waals surface area contributed by atoms with Gasteiger partial charge in [0.05, 0.1) is 17.8 Å². The molecule has 96 valence electrons. The number of hydrogen-bond donors (Lipinski definition) is 0. The van der Waals surface area contributed by atoms with Crippen LogP contribution in [0.3, 0.4) is 0 Å². The summed E-state index contributed by atoms with van der Waals surface area (Å²) in [7, 11) is -1.64. The highest BCUT2D eigenvalue weighted by Crippen LogP contribution is 2.19. The molecule has 0 heterocycles. The van der Waals surface area contributed by atoms with E-state index in [2.05, 4.69) is 15.9 Å². The van der Waals surface area contributed by atoms with Gasteiger partial charge in [0, 0.05) is 5.33 Å². The van der Waals surface area contributed by atoms with Gasteiger partial charge in [0.15, 0.2) is 9.84 Å². The lowest BCUT2D eigenvalue weighted by atomic mass is 10.3. The number of halogens is 1. The summed E-state index contributed by atoms with van der Waals surface area (Å²) >= 11 is 3.33. The first-order chi connectivity index (χ1) is 8.10. The van der Waals surface area contributed by atoms with Crippen LogP contribution < -0.4 is 4.74 Å². The molecule has 0 bridgehead atoms. The zero-order valence-electron chi connectivity index (χ0n) is 9.86. The fourth-order valence-corrected chi connectivity index (χ4v) is 3.27. The van der Waals surface area contributed by atoms with Crippen molar-refractivity contribution in [2.24, 2.45) is 0 Å². The molecule has 0 aliphatic rings. The lowest BCUT2D eigenvalue weighted by Gasteiger charge is -2.06. The molecule has 0 saturated heterocycles. The van der Waals surface area contributed by atoms with Gasteiger partial charge in [0.2, 0.25) is 0 Å². The standard InChI is InChI=1S/C12H17BrO3S/c1-16-11-6-5-7-12(10-11)17(14,15)9-4-2-3-8-13/h5-7,10H,2-4,8-9H2,1H3. The van der Waals surface area contributed by atoms with Crippen molar-refractivity contribution in [1.82, 2.24) is 0 Å². The molecule has 0 N–H and O–H groups in total. The van der Waals surface area contributed by atoms with Gasteiger partial charge in [-0.3, -0.25) is 0 Å². The number of ether oxygens (including phenoxy) is 1. The Balaban J connectivity index is 2.68. The zero-order chi connectivity index (χ0) is 12.7. The van der Waals surface area contributed by atoms with Gasteiger partial charge in [-0.1, -0.05) is 28.4 Å². The molecule has 0 spiro atoms. The van der Waals surface area contributed by atoms with E-state index >= 15 is 0 Å². The van der Waals surface area contributed by atoms with Crippen LogP contribution >= 0.6 is 15.9 Å². The highest BCUT2D eigenvalue weighted by atomic mass is 79.9. The first-order valence-corrected chi connectivity index (χ1v) is 8.30. The molecule has 5 heteroatoms. The lowest BCUT2D eigenvalue weighted by Crippen LogP contribution is -2.07. The van der Waals surface area contributed by atoms with Crippen molar-refractivity contribution in [3.05, 3.63) is 24.3 Å². The smallest absolute Gasteiger partial charge is 0.178 e. The molecule has 1 rings (SSSR count). The van der Waals surface area contributed by atoms with E-state index in [1.165, 1.54) is 7.11 Å². The Morgan fingerprint density at radius 3 is 2.65 bits per heavy atom. The van der Waals surface area contributed by atoms with E-state index in [9.17, 15) is 8.42 Å². The monoisotopic (exact) mass is 320 g/mol. The number of alkyl halides is 1. The third kappa shape index (κ3) is 4.68. The van der Waals surface area contributed by atoms with Gasteiger partial charge in [0.1, 0.15) is 5.75 Å². The lowest BCUT2D eigenvalue weighted by molar-refractivity contribution is 0.413. The molecule has 0 atom stereocenters. The van der Waals surface area contributed by atoms with E-state index in [0.717, 1.165) is 18.2 Å². The molecule has 1 aromatic rings. The Morgan fingerprint density at radius 2 is 2.00 bits per heavy atom. The summed E-state index contributed by atoms with van der Waals surface area (Å²) in [5.41, 5.74) is 0. The van der Waals surface area contributed by atoms with Crippen molar-refractivity contribution in [3.63, 3.8) is 0 Å². The molecule has 0 unspecified atom stereocenters. The van der Waals surface area contributed by atoms with Crippen LogP contribution in [0.2, 0.25) is 0 Å². The van der Waals surface area contributed by atoms with Gasteiger partial charge in [-0.15, -0.1) is 0 Å². The molecule has 3 nitrogen and oxygen atoms in total. The van der Waals surface area contributed by atoms with E-state index in [0.29, 0.717) is 17.1 Å². The molecule has 0 aliphatic heterocycles. The molecule has 0 radical (unpaired) electrons. The number of unbranched alkanes of at least 4 members (excludes halogenated alkanes) is 2. The maximum Gasteiger partial charge on any atom is 0.178 e. The third-order valence-corrected chi connectivity index (χ3v) is 4.81. The van der Waals surface area contributed by atoms with Crippen LogP contribution in [0, 0.1) is 0 Å². The SMILES string of the molecule is COc1cccc(S(=O)(=O)CCCCCBr)c1. The molecule has 0 saturated carbocycles. The van der Waals surface area contributed by atoms with Gasteiger partial charge < -0.3 is 4.74 Å². The normalized spacial score (nSPS) is 11.4. The van der Waals surface area contributed by atoms with Crippen molar-refractivity contribution < 1.29 is 13.2 Å². The Morgan fingerprint density at radius 1 is 1.24 bits per heavy atom. The second kappa shape index (κ2) is 7.01. The minimum Gasteiger partial charge on any atom is -0.497 e. The van der Waals surface area contributed by atoms with Gasteiger partial charge >= 0.3 is 0 Å². The van der Waals surface area contributed by atoms with Crippen LogP contribution in [0.4, 0.5) is 0 Å². The summed E-state index contributed by atoms with van der Waals surface area (Å²) in [6, 6.07) is 6.62. The fraction of sp³-hybridized carbons (Fsp3) is 0.500. The van der Waals surface area contributed by atoms with Gasteiger partial charge in [-0.2, -0.15) is 0 Å². The first-order valence-electron chi connectivity index (χ1n) is 5.53. The second-order valence-electron chi connectivity index (χ2n) is 3.75. The molecule has 0 fully saturated rings. The summed E-state index contributed by atoms with van der Waals surface area (Å²) in [5.74, 6) is 0.777. The molecular formula is C12H17BrO3S. The average molecular weight is 321 g/mol. The predicted octanol–water partition coefficient (Wildman–Crippen LogP) is 3.03. The molecule has 0 aromatic heterocycles. The number of rotatable bonds is 7. The predicted molar refractivity (Wildman–Crippen MR) is 72.7 cm³/mol. The average Bonchev–Trinajstić information content (AvgIpc) is 2.35. The highest BCUT2D eigenvalue weighted by Gasteiger charge is 2.14. The number of methoxy groups -OCH3 is 1. The minimum atomic E-state index is -3.17. The summed E-state index contributed by atoms with van der Waals surface area (Å²) in [4.78, 5) is 0.343. The van der Waals surface area contributed by atoms with Crippen LogP contribution in [-0.2, 0) is 9.84 Å². The van der Waals surface area contributed by atoms with Crippen molar-refractivity contribution in [2.45, 2.75) is 24.2 Å². The van der Waals surface area contributed by atoms with Gasteiger partial charge in [-0.25, -0.2) is 8.42 Å². The maximum absolute atomic E-state index is 12.0. The van der Waals surface area contributed by atoms with E-state index in [1.54, 1.807) is 24.3 Å². The highest BCUT2D eigenvalue weighted by molar-refractivity contribution is 9.09.